The van der Waals surface area contributed by atoms with Crippen molar-refractivity contribution in [2.45, 2.75) is 33.7 Å². The molecule has 0 amide bonds. The Hall–Kier alpha value is -1.02. The van der Waals surface area contributed by atoms with Crippen molar-refractivity contribution >= 4 is 23.0 Å². The number of anilines is 1. The first kappa shape index (κ1) is 13.0. The summed E-state index contributed by atoms with van der Waals surface area (Å²) in [5, 5.41) is 12.1. The predicted molar refractivity (Wildman–Crippen MR) is 71.9 cm³/mol. The lowest BCUT2D eigenvalue weighted by atomic mass is 9.98. The zero-order chi connectivity index (χ0) is 12.3. The smallest absolute Gasteiger partial charge is 0.0517 e. The van der Waals surface area contributed by atoms with Gasteiger partial charge in [-0.3, -0.25) is 0 Å². The molecule has 0 heterocycles. The molecule has 2 nitrogen and oxygen atoms in total. The van der Waals surface area contributed by atoms with Crippen LogP contribution in [0.3, 0.4) is 0 Å². The first-order valence-corrected chi connectivity index (χ1v) is 5.95. The van der Waals surface area contributed by atoms with Crippen LogP contribution in [0.4, 0.5) is 5.69 Å². The van der Waals surface area contributed by atoms with E-state index in [0.717, 1.165) is 11.3 Å². The molecule has 0 bridgehead atoms. The first-order chi connectivity index (χ1) is 7.43. The highest BCUT2D eigenvalue weighted by molar-refractivity contribution is 6.35. The Morgan fingerprint density at radius 1 is 1.25 bits per heavy atom. The topological polar surface area (TPSA) is 35.9 Å². The molecular weight excluding hydrogens is 220 g/mol. The fourth-order valence-electron chi connectivity index (χ4n) is 1.52. The van der Waals surface area contributed by atoms with E-state index in [1.807, 2.05) is 32.0 Å². The Balaban J connectivity index is 3.18. The highest BCUT2D eigenvalue weighted by Gasteiger charge is 2.15. The van der Waals surface area contributed by atoms with E-state index < -0.39 is 0 Å². The standard InChI is InChI=1S/C13H19ClN2/c1-8(2)13(15)12-10(14)6-5-7-11(12)16-9(3)4/h5-9,15-16H,1-4H3. The SMILES string of the molecule is CC(C)Nc1cccc(Cl)c1C(=N)C(C)C. The maximum absolute atomic E-state index is 8.09. The molecule has 1 aromatic carbocycles. The van der Waals surface area contributed by atoms with Crippen molar-refractivity contribution in [3.63, 3.8) is 0 Å². The van der Waals surface area contributed by atoms with Gasteiger partial charge in [-0.15, -0.1) is 0 Å². The highest BCUT2D eigenvalue weighted by atomic mass is 35.5. The monoisotopic (exact) mass is 238 g/mol. The van der Waals surface area contributed by atoms with Crippen LogP contribution in [0.25, 0.3) is 0 Å². The predicted octanol–water partition coefficient (Wildman–Crippen LogP) is 4.18. The average molecular weight is 239 g/mol. The summed E-state index contributed by atoms with van der Waals surface area (Å²) in [4.78, 5) is 0. The first-order valence-electron chi connectivity index (χ1n) is 5.57. The van der Waals surface area contributed by atoms with Gasteiger partial charge in [0.2, 0.25) is 0 Å². The summed E-state index contributed by atoms with van der Waals surface area (Å²) in [5.41, 5.74) is 2.35. The molecule has 3 heteroatoms. The zero-order valence-electron chi connectivity index (χ0n) is 10.3. The van der Waals surface area contributed by atoms with Crippen molar-refractivity contribution in [2.24, 2.45) is 5.92 Å². The van der Waals surface area contributed by atoms with Crippen LogP contribution < -0.4 is 5.32 Å². The van der Waals surface area contributed by atoms with Crippen LogP contribution in [-0.4, -0.2) is 11.8 Å². The maximum Gasteiger partial charge on any atom is 0.0517 e. The van der Waals surface area contributed by atoms with Crippen LogP contribution in [0.2, 0.25) is 5.02 Å². The molecular formula is C13H19ClN2. The van der Waals surface area contributed by atoms with Crippen LogP contribution in [-0.2, 0) is 0 Å². The van der Waals surface area contributed by atoms with Crippen LogP contribution in [0.5, 0.6) is 0 Å². The number of rotatable bonds is 4. The number of hydrogen-bond donors (Lipinski definition) is 2. The molecule has 0 saturated heterocycles. The molecule has 0 saturated carbocycles. The van der Waals surface area contributed by atoms with Crippen LogP contribution in [0, 0.1) is 11.3 Å². The lowest BCUT2D eigenvalue weighted by Gasteiger charge is -2.18. The summed E-state index contributed by atoms with van der Waals surface area (Å²) in [7, 11) is 0. The van der Waals surface area contributed by atoms with Gasteiger partial charge in [0.1, 0.15) is 0 Å². The largest absolute Gasteiger partial charge is 0.382 e. The number of hydrogen-bond acceptors (Lipinski definition) is 2. The highest BCUT2D eigenvalue weighted by Crippen LogP contribution is 2.27. The van der Waals surface area contributed by atoms with Crippen molar-refractivity contribution in [2.75, 3.05) is 5.32 Å². The molecule has 0 aliphatic rings. The van der Waals surface area contributed by atoms with Crippen LogP contribution in [0.15, 0.2) is 18.2 Å². The molecule has 2 N–H and O–H groups in total. The molecule has 1 aromatic rings. The molecule has 0 spiro atoms. The molecule has 0 aliphatic heterocycles. The van der Waals surface area contributed by atoms with Crippen molar-refractivity contribution in [1.82, 2.24) is 0 Å². The van der Waals surface area contributed by atoms with Crippen molar-refractivity contribution in [3.8, 4) is 0 Å². The van der Waals surface area contributed by atoms with Gasteiger partial charge < -0.3 is 10.7 Å². The zero-order valence-corrected chi connectivity index (χ0v) is 11.0. The van der Waals surface area contributed by atoms with Crippen molar-refractivity contribution in [1.29, 1.82) is 5.41 Å². The Morgan fingerprint density at radius 2 is 1.88 bits per heavy atom. The van der Waals surface area contributed by atoms with Gasteiger partial charge >= 0.3 is 0 Å². The fraction of sp³-hybridized carbons (Fsp3) is 0.462. The van der Waals surface area contributed by atoms with E-state index in [-0.39, 0.29) is 5.92 Å². The summed E-state index contributed by atoms with van der Waals surface area (Å²) in [5.74, 6) is 0.174. The van der Waals surface area contributed by atoms with Gasteiger partial charge in [0.25, 0.3) is 0 Å². The quantitative estimate of drug-likeness (QED) is 0.759. The molecule has 0 unspecified atom stereocenters. The third-order valence-electron chi connectivity index (χ3n) is 2.30. The molecule has 88 valence electrons. The molecule has 0 aliphatic carbocycles. The van der Waals surface area contributed by atoms with E-state index >= 15 is 0 Å². The second-order valence-electron chi connectivity index (χ2n) is 4.53. The Morgan fingerprint density at radius 3 is 2.38 bits per heavy atom. The fourth-order valence-corrected chi connectivity index (χ4v) is 1.79. The van der Waals surface area contributed by atoms with Crippen molar-refractivity contribution in [3.05, 3.63) is 28.8 Å². The number of benzene rings is 1. The maximum atomic E-state index is 8.09. The van der Waals surface area contributed by atoms with Gasteiger partial charge in [0.15, 0.2) is 0 Å². The molecule has 16 heavy (non-hydrogen) atoms. The molecule has 1 rings (SSSR count). The van der Waals surface area contributed by atoms with Crippen LogP contribution >= 0.6 is 11.6 Å². The van der Waals surface area contributed by atoms with E-state index in [9.17, 15) is 0 Å². The van der Waals surface area contributed by atoms with Gasteiger partial charge in [0.05, 0.1) is 5.02 Å². The third-order valence-corrected chi connectivity index (χ3v) is 2.62. The summed E-state index contributed by atoms with van der Waals surface area (Å²) >= 11 is 6.17. The Bertz CT molecular complexity index is 384. The molecule has 0 atom stereocenters. The summed E-state index contributed by atoms with van der Waals surface area (Å²) in [6.45, 7) is 8.16. The van der Waals surface area contributed by atoms with Crippen molar-refractivity contribution < 1.29 is 0 Å². The Labute approximate surface area is 103 Å². The van der Waals surface area contributed by atoms with Gasteiger partial charge in [-0.25, -0.2) is 0 Å². The van der Waals surface area contributed by atoms with Gasteiger partial charge in [-0.2, -0.15) is 0 Å². The summed E-state index contributed by atoms with van der Waals surface area (Å²) < 4.78 is 0. The Kier molecular flexibility index (Phi) is 4.36. The summed E-state index contributed by atoms with van der Waals surface area (Å²) in [6, 6.07) is 6.04. The van der Waals surface area contributed by atoms with E-state index in [4.69, 9.17) is 17.0 Å². The minimum absolute atomic E-state index is 0.174. The van der Waals surface area contributed by atoms with Crippen LogP contribution in [0.1, 0.15) is 33.3 Å². The van der Waals surface area contributed by atoms with E-state index in [1.54, 1.807) is 0 Å². The van der Waals surface area contributed by atoms with Gasteiger partial charge in [-0.05, 0) is 31.9 Å². The second-order valence-corrected chi connectivity index (χ2v) is 4.94. The van der Waals surface area contributed by atoms with E-state index in [2.05, 4.69) is 19.2 Å². The van der Waals surface area contributed by atoms with Gasteiger partial charge in [-0.1, -0.05) is 31.5 Å². The lowest BCUT2D eigenvalue weighted by Crippen LogP contribution is -2.16. The molecule has 0 aromatic heterocycles. The minimum atomic E-state index is 0.174. The molecule has 0 radical (unpaired) electrons. The van der Waals surface area contributed by atoms with E-state index in [0.29, 0.717) is 16.8 Å². The average Bonchev–Trinajstić information content (AvgIpc) is 2.16. The number of nitrogens with one attached hydrogen (secondary N) is 2. The summed E-state index contributed by atoms with van der Waals surface area (Å²) in [6.07, 6.45) is 0. The number of halogens is 1. The third kappa shape index (κ3) is 2.99. The van der Waals surface area contributed by atoms with E-state index in [1.165, 1.54) is 0 Å². The second kappa shape index (κ2) is 5.35. The minimum Gasteiger partial charge on any atom is -0.382 e. The normalized spacial score (nSPS) is 10.9. The lowest BCUT2D eigenvalue weighted by molar-refractivity contribution is 0.872. The molecule has 0 fully saturated rings. The van der Waals surface area contributed by atoms with Gasteiger partial charge in [0, 0.05) is 23.0 Å².